The Morgan fingerprint density at radius 1 is 0.183 bits per heavy atom. The van der Waals surface area contributed by atoms with Crippen LogP contribution >= 0.6 is 0 Å². The summed E-state index contributed by atoms with van der Waals surface area (Å²) in [6, 6.07) is 153. The molecule has 540 valence electrons. The van der Waals surface area contributed by atoms with Crippen LogP contribution in [0.5, 0.6) is 0 Å². The van der Waals surface area contributed by atoms with Gasteiger partial charge in [-0.05, 0) is 36.4 Å². The van der Waals surface area contributed by atoms with Crippen molar-refractivity contribution in [1.82, 2.24) is 9.13 Å². The van der Waals surface area contributed by atoms with Gasteiger partial charge in [0.25, 0.3) is 0 Å². The van der Waals surface area contributed by atoms with Gasteiger partial charge in [0.1, 0.15) is 0 Å². The van der Waals surface area contributed by atoms with E-state index < -0.39 is 0 Å². The first-order chi connectivity index (χ1) is 56.7. The molecule has 0 spiro atoms. The third-order valence-corrected chi connectivity index (χ3v) is 29.0. The Labute approximate surface area is 680 Å². The minimum absolute atomic E-state index is 0.0853. The average molecular weight is 1590 g/mol. The topological polar surface area (TPSA) is 9.86 Å². The van der Waals surface area contributed by atoms with Gasteiger partial charge in [-0.15, -0.1) is 0 Å². The van der Waals surface area contributed by atoms with Gasteiger partial charge >= 0.3 is 534 Å². The molecule has 115 heavy (non-hydrogen) atoms. The molecular weight excluding hydrogens is 1520 g/mol. The van der Waals surface area contributed by atoms with Crippen LogP contribution in [-0.4, -0.2) is 38.1 Å². The molecule has 0 unspecified atom stereocenters. The number of hydrogen-bond acceptors (Lipinski definition) is 0. The number of benzene rings is 18. The second kappa shape index (κ2) is 28.1. The summed E-state index contributed by atoms with van der Waals surface area (Å²) in [6.45, 7) is 4.75. The van der Waals surface area contributed by atoms with E-state index in [1.807, 2.05) is 0 Å². The molecule has 4 heteroatoms. The first-order valence-electron chi connectivity index (χ1n) is 39.7. The van der Waals surface area contributed by atoms with Crippen LogP contribution in [0.1, 0.15) is 25.0 Å². The monoisotopic (exact) mass is 1590 g/mol. The van der Waals surface area contributed by atoms with Crippen LogP contribution in [0.4, 0.5) is 0 Å². The van der Waals surface area contributed by atoms with Gasteiger partial charge in [0.2, 0.25) is 0 Å². The van der Waals surface area contributed by atoms with Crippen molar-refractivity contribution in [2.45, 2.75) is 19.3 Å². The molecular formula is C111H74N2Se2. The second-order valence-electron chi connectivity index (χ2n) is 31.0. The van der Waals surface area contributed by atoms with E-state index in [-0.39, 0.29) is 34.4 Å². The van der Waals surface area contributed by atoms with E-state index in [4.69, 9.17) is 0 Å². The maximum atomic E-state index is 2.47. The Hall–Kier alpha value is -13.4. The molecule has 0 radical (unpaired) electrons. The van der Waals surface area contributed by atoms with Gasteiger partial charge in [0, 0.05) is 0 Å². The van der Waals surface area contributed by atoms with Crippen LogP contribution in [0.15, 0.2) is 413 Å². The van der Waals surface area contributed by atoms with Gasteiger partial charge in [-0.25, -0.2) is 0 Å². The SMILES string of the molecule is CC1(C)c2ccccc2-c2ccc(-c3cc(-c4cc(-c5ccccc5)c5[se]c6ccccc6c5c4)cc(-c4ccc5c6ccccc6n(-c6ccccc6)c5c4)c3)cc21.c1ccc(-c2cccc(-c3cc(-c4cc(-c5ccccc5)c5[se]c6ccccc6c5c4)cc(-c4ccc5c6ccccc6n(-c6ccccc6)c5c4)c3)c2)cc1. The molecule has 18 aromatic carbocycles. The number of hydrogen-bond donors (Lipinski definition) is 0. The van der Waals surface area contributed by atoms with E-state index in [1.54, 1.807) is 0 Å². The van der Waals surface area contributed by atoms with Crippen LogP contribution in [-0.2, 0) is 5.41 Å². The molecule has 0 saturated heterocycles. The predicted octanol–water partition coefficient (Wildman–Crippen LogP) is 29.6. The Morgan fingerprint density at radius 3 is 0.983 bits per heavy atom. The molecule has 4 heterocycles. The van der Waals surface area contributed by atoms with Crippen LogP contribution in [0.3, 0.4) is 0 Å². The van der Waals surface area contributed by atoms with E-state index in [2.05, 4.69) is 435 Å². The minimum Gasteiger partial charge on any atom is -0.0617 e. The molecule has 1 aliphatic rings. The first kappa shape index (κ1) is 68.4. The zero-order valence-corrected chi connectivity index (χ0v) is 66.9. The Morgan fingerprint density at radius 2 is 0.504 bits per heavy atom. The molecule has 0 N–H and O–H groups in total. The van der Waals surface area contributed by atoms with Crippen LogP contribution in [0.25, 0.3) is 205 Å². The summed E-state index contributed by atoms with van der Waals surface area (Å²) < 4.78 is 10.7. The normalized spacial score (nSPS) is 12.3. The summed E-state index contributed by atoms with van der Waals surface area (Å²) >= 11 is 0.483. The summed E-state index contributed by atoms with van der Waals surface area (Å²) in [7, 11) is 0. The number of nitrogens with zero attached hydrogens (tertiary/aromatic N) is 2. The fourth-order valence-electron chi connectivity index (χ4n) is 18.3. The number of rotatable bonds is 11. The Bertz CT molecular complexity index is 7590. The molecule has 0 fully saturated rings. The van der Waals surface area contributed by atoms with Gasteiger partial charge in [-0.2, -0.15) is 0 Å². The van der Waals surface area contributed by atoms with Crippen molar-refractivity contribution >= 4 is 111 Å². The van der Waals surface area contributed by atoms with E-state index in [9.17, 15) is 0 Å². The predicted molar refractivity (Wildman–Crippen MR) is 492 cm³/mol. The van der Waals surface area contributed by atoms with Gasteiger partial charge in [-0.3, -0.25) is 0 Å². The molecule has 0 saturated carbocycles. The molecule has 22 aromatic rings. The number of aromatic nitrogens is 2. The third kappa shape index (κ3) is 11.9. The second-order valence-corrected chi connectivity index (χ2v) is 35.5. The smallest absolute Gasteiger partial charge is 0.0617 e. The molecule has 0 bridgehead atoms. The number of para-hydroxylation sites is 4. The fourth-order valence-corrected chi connectivity index (χ4v) is 23.4. The van der Waals surface area contributed by atoms with Crippen molar-refractivity contribution in [2.75, 3.05) is 0 Å². The fraction of sp³-hybridized carbons (Fsp3) is 0.0270. The molecule has 1 aliphatic carbocycles. The van der Waals surface area contributed by atoms with Crippen molar-refractivity contribution in [3.8, 4) is 123 Å². The summed E-state index contributed by atoms with van der Waals surface area (Å²) in [4.78, 5) is 0. The maximum absolute atomic E-state index is 2.47. The standard InChI is InChI=1S/C57H39NSe.C54H35NSe/c1-57(2)51-22-12-9-19-44(51)45-27-25-37(34-52(45)57)39-29-40(38-26-28-47-46-20-10-13-23-53(46)58(54(47)35-38)43-17-7-4-8-18-43)31-41(30-39)42-32-49(36-15-5-3-6-16-36)56-50(33-42)48-21-11-14-24-55(48)59-56;1-4-15-36(16-5-1)38-19-14-20-39(29-38)41-30-42(40-27-28-47-46-23-10-12-25-51(46)55(52(47)35-40)45-21-8-3-9-22-45)32-43(31-41)44-33-49(37-17-6-2-7-18-37)54-50(34-44)48-24-11-13-26-53(48)56-54/h3-35H,1-2H3;1-35H. The molecule has 0 amide bonds. The van der Waals surface area contributed by atoms with Gasteiger partial charge in [-0.1, -0.05) is 115 Å². The van der Waals surface area contributed by atoms with Crippen LogP contribution in [0.2, 0.25) is 0 Å². The van der Waals surface area contributed by atoms with Gasteiger partial charge in [0.05, 0.1) is 0 Å². The van der Waals surface area contributed by atoms with Crippen molar-refractivity contribution < 1.29 is 0 Å². The van der Waals surface area contributed by atoms with Crippen LogP contribution in [0, 0.1) is 0 Å². The molecule has 0 aliphatic heterocycles. The van der Waals surface area contributed by atoms with Crippen molar-refractivity contribution in [2.24, 2.45) is 0 Å². The molecule has 2 nitrogen and oxygen atoms in total. The van der Waals surface area contributed by atoms with E-state index in [1.165, 1.54) is 210 Å². The molecule has 4 aromatic heterocycles. The van der Waals surface area contributed by atoms with Crippen molar-refractivity contribution in [3.05, 3.63) is 424 Å². The molecule has 23 rings (SSSR count). The van der Waals surface area contributed by atoms with E-state index in [0.717, 1.165) is 5.69 Å². The summed E-state index contributed by atoms with van der Waals surface area (Å²) in [5.41, 5.74) is 34.8. The zero-order valence-electron chi connectivity index (χ0n) is 63.5. The van der Waals surface area contributed by atoms with E-state index >= 15 is 0 Å². The molecule has 0 atom stereocenters. The quantitative estimate of drug-likeness (QED) is 0.114. The average Bonchev–Trinajstić information content (AvgIpc) is 1.60. The summed E-state index contributed by atoms with van der Waals surface area (Å²) in [5, 5.41) is 10.5. The first-order valence-corrected chi connectivity index (χ1v) is 43.1. The third-order valence-electron chi connectivity index (χ3n) is 23.9. The van der Waals surface area contributed by atoms with Gasteiger partial charge in [0.15, 0.2) is 0 Å². The minimum atomic E-state index is -0.0853. The Balaban J connectivity index is 0.000000140. The van der Waals surface area contributed by atoms with Crippen molar-refractivity contribution in [3.63, 3.8) is 0 Å². The summed E-state index contributed by atoms with van der Waals surface area (Å²) in [5.74, 6) is 0. The van der Waals surface area contributed by atoms with Crippen molar-refractivity contribution in [1.29, 1.82) is 0 Å². The van der Waals surface area contributed by atoms with E-state index in [0.29, 0.717) is 0 Å². The van der Waals surface area contributed by atoms with Gasteiger partial charge < -0.3 is 0 Å². The van der Waals surface area contributed by atoms with Crippen LogP contribution < -0.4 is 0 Å². The zero-order chi connectivity index (χ0) is 76.2. The summed E-state index contributed by atoms with van der Waals surface area (Å²) in [6.07, 6.45) is 0. The number of fused-ring (bicyclic) bond motifs is 15. The Kier molecular flexibility index (Phi) is 16.7.